The van der Waals surface area contributed by atoms with Gasteiger partial charge in [0.15, 0.2) is 0 Å². The molecule has 0 atom stereocenters. The van der Waals surface area contributed by atoms with Gasteiger partial charge in [-0.3, -0.25) is 4.79 Å². The number of hydrogen-bond acceptors (Lipinski definition) is 3. The summed E-state index contributed by atoms with van der Waals surface area (Å²) in [7, 11) is 3.51. The molecule has 4 nitrogen and oxygen atoms in total. The Bertz CT molecular complexity index is 333. The summed E-state index contributed by atoms with van der Waals surface area (Å²) in [6.07, 6.45) is 1.86. The molecule has 4 heteroatoms. The highest BCUT2D eigenvalue weighted by molar-refractivity contribution is 5.09. The highest BCUT2D eigenvalue weighted by Gasteiger charge is 1.97. The van der Waals surface area contributed by atoms with Gasteiger partial charge in [0, 0.05) is 32.5 Å². The van der Waals surface area contributed by atoms with Crippen molar-refractivity contribution < 1.29 is 4.74 Å². The highest BCUT2D eigenvalue weighted by Crippen LogP contribution is 1.94. The third kappa shape index (κ3) is 2.97. The molecule has 78 valence electrons. The first kappa shape index (κ1) is 10.9. The molecular weight excluding hydrogens is 180 g/mol. The van der Waals surface area contributed by atoms with Crippen molar-refractivity contribution in [2.75, 3.05) is 20.8 Å². The SMILES string of the molecule is CNCc1ccc(=O)n(CCOC)c1. The van der Waals surface area contributed by atoms with E-state index in [4.69, 9.17) is 4.74 Å². The number of hydrogen-bond donors (Lipinski definition) is 1. The maximum Gasteiger partial charge on any atom is 0.250 e. The molecule has 0 bridgehead atoms. The van der Waals surface area contributed by atoms with Gasteiger partial charge in [0.1, 0.15) is 0 Å². The number of nitrogens with zero attached hydrogens (tertiary/aromatic N) is 1. The average molecular weight is 196 g/mol. The standard InChI is InChI=1S/C10H16N2O2/c1-11-7-9-3-4-10(13)12(8-9)5-6-14-2/h3-4,8,11H,5-7H2,1-2H3. The Morgan fingerprint density at radius 2 is 2.29 bits per heavy atom. The van der Waals surface area contributed by atoms with E-state index >= 15 is 0 Å². The van der Waals surface area contributed by atoms with Crippen LogP contribution in [0.15, 0.2) is 23.1 Å². The van der Waals surface area contributed by atoms with Crippen molar-refractivity contribution in [3.63, 3.8) is 0 Å². The quantitative estimate of drug-likeness (QED) is 0.732. The van der Waals surface area contributed by atoms with Crippen LogP contribution in [0, 0.1) is 0 Å². The van der Waals surface area contributed by atoms with E-state index in [-0.39, 0.29) is 5.56 Å². The minimum Gasteiger partial charge on any atom is -0.383 e. The van der Waals surface area contributed by atoms with Crippen molar-refractivity contribution in [1.29, 1.82) is 0 Å². The van der Waals surface area contributed by atoms with E-state index in [1.54, 1.807) is 17.7 Å². The fraction of sp³-hybridized carbons (Fsp3) is 0.500. The second-order valence-corrected chi connectivity index (χ2v) is 3.09. The molecule has 0 amide bonds. The lowest BCUT2D eigenvalue weighted by molar-refractivity contribution is 0.186. The molecule has 0 fully saturated rings. The van der Waals surface area contributed by atoms with Crippen molar-refractivity contribution in [3.05, 3.63) is 34.2 Å². The summed E-state index contributed by atoms with van der Waals surface area (Å²) < 4.78 is 6.59. The maximum absolute atomic E-state index is 11.4. The third-order valence-electron chi connectivity index (χ3n) is 1.96. The Morgan fingerprint density at radius 3 is 2.93 bits per heavy atom. The lowest BCUT2D eigenvalue weighted by Crippen LogP contribution is -2.22. The molecule has 0 saturated carbocycles. The Labute approximate surface area is 83.5 Å². The zero-order valence-electron chi connectivity index (χ0n) is 8.62. The molecule has 0 aromatic carbocycles. The molecule has 14 heavy (non-hydrogen) atoms. The van der Waals surface area contributed by atoms with E-state index in [9.17, 15) is 4.79 Å². The van der Waals surface area contributed by atoms with Gasteiger partial charge < -0.3 is 14.6 Å². The second-order valence-electron chi connectivity index (χ2n) is 3.09. The van der Waals surface area contributed by atoms with Crippen LogP contribution in [-0.4, -0.2) is 25.3 Å². The number of ether oxygens (including phenoxy) is 1. The van der Waals surface area contributed by atoms with E-state index in [2.05, 4.69) is 5.32 Å². The molecule has 1 aromatic rings. The Kier molecular flexibility index (Phi) is 4.35. The first-order valence-corrected chi connectivity index (χ1v) is 4.61. The molecule has 1 heterocycles. The van der Waals surface area contributed by atoms with Crippen molar-refractivity contribution >= 4 is 0 Å². The Morgan fingerprint density at radius 1 is 1.50 bits per heavy atom. The summed E-state index contributed by atoms with van der Waals surface area (Å²) in [6.45, 7) is 1.93. The monoisotopic (exact) mass is 196 g/mol. The second kappa shape index (κ2) is 5.57. The number of rotatable bonds is 5. The van der Waals surface area contributed by atoms with E-state index in [0.29, 0.717) is 13.2 Å². The summed E-state index contributed by atoms with van der Waals surface area (Å²) >= 11 is 0. The van der Waals surface area contributed by atoms with Crippen molar-refractivity contribution in [2.45, 2.75) is 13.1 Å². The molecule has 0 spiro atoms. The zero-order valence-corrected chi connectivity index (χ0v) is 8.62. The van der Waals surface area contributed by atoms with Crippen LogP contribution >= 0.6 is 0 Å². The molecule has 0 saturated heterocycles. The molecule has 0 aliphatic carbocycles. The normalized spacial score (nSPS) is 10.4. The number of aromatic nitrogens is 1. The van der Waals surface area contributed by atoms with E-state index in [0.717, 1.165) is 12.1 Å². The van der Waals surface area contributed by atoms with Crippen molar-refractivity contribution in [3.8, 4) is 0 Å². The average Bonchev–Trinajstić information content (AvgIpc) is 2.19. The van der Waals surface area contributed by atoms with Crippen LogP contribution in [0.4, 0.5) is 0 Å². The van der Waals surface area contributed by atoms with E-state index in [1.165, 1.54) is 0 Å². The summed E-state index contributed by atoms with van der Waals surface area (Å²) in [5, 5.41) is 3.04. The van der Waals surface area contributed by atoms with Gasteiger partial charge >= 0.3 is 0 Å². The summed E-state index contributed by atoms with van der Waals surface area (Å²) in [5.41, 5.74) is 1.12. The van der Waals surface area contributed by atoms with Gasteiger partial charge in [-0.05, 0) is 12.6 Å². The molecule has 0 unspecified atom stereocenters. The van der Waals surface area contributed by atoms with Crippen LogP contribution in [0.25, 0.3) is 0 Å². The van der Waals surface area contributed by atoms with Crippen LogP contribution in [0.2, 0.25) is 0 Å². The van der Waals surface area contributed by atoms with Crippen LogP contribution in [0.3, 0.4) is 0 Å². The molecular formula is C10H16N2O2. The number of nitrogens with one attached hydrogen (secondary N) is 1. The topological polar surface area (TPSA) is 43.3 Å². The Hall–Kier alpha value is -1.13. The van der Waals surface area contributed by atoms with Gasteiger partial charge in [-0.2, -0.15) is 0 Å². The lowest BCUT2D eigenvalue weighted by atomic mass is 10.3. The zero-order chi connectivity index (χ0) is 10.4. The lowest BCUT2D eigenvalue weighted by Gasteiger charge is -2.07. The number of pyridine rings is 1. The predicted molar refractivity (Wildman–Crippen MR) is 55.3 cm³/mol. The molecule has 1 rings (SSSR count). The fourth-order valence-corrected chi connectivity index (χ4v) is 1.25. The van der Waals surface area contributed by atoms with Gasteiger partial charge in [-0.25, -0.2) is 0 Å². The van der Waals surface area contributed by atoms with Crippen LogP contribution < -0.4 is 10.9 Å². The van der Waals surface area contributed by atoms with Gasteiger partial charge in [0.05, 0.1) is 6.61 Å². The summed E-state index contributed by atoms with van der Waals surface area (Å²) in [6, 6.07) is 3.42. The van der Waals surface area contributed by atoms with Gasteiger partial charge in [-0.1, -0.05) is 6.07 Å². The van der Waals surface area contributed by atoms with Crippen LogP contribution in [0.1, 0.15) is 5.56 Å². The minimum atomic E-state index is 0.0157. The molecule has 0 aliphatic heterocycles. The first-order valence-electron chi connectivity index (χ1n) is 4.61. The van der Waals surface area contributed by atoms with Crippen molar-refractivity contribution in [2.24, 2.45) is 0 Å². The maximum atomic E-state index is 11.4. The first-order chi connectivity index (χ1) is 6.77. The number of methoxy groups -OCH3 is 1. The Balaban J connectivity index is 2.79. The van der Waals surface area contributed by atoms with Crippen LogP contribution in [0.5, 0.6) is 0 Å². The fourth-order valence-electron chi connectivity index (χ4n) is 1.25. The highest BCUT2D eigenvalue weighted by atomic mass is 16.5. The van der Waals surface area contributed by atoms with Crippen LogP contribution in [-0.2, 0) is 17.8 Å². The summed E-state index contributed by atoms with van der Waals surface area (Å²) in [5.74, 6) is 0. The van der Waals surface area contributed by atoms with E-state index in [1.807, 2.05) is 19.3 Å². The van der Waals surface area contributed by atoms with Gasteiger partial charge in [-0.15, -0.1) is 0 Å². The third-order valence-corrected chi connectivity index (χ3v) is 1.96. The smallest absolute Gasteiger partial charge is 0.250 e. The van der Waals surface area contributed by atoms with Gasteiger partial charge in [0.2, 0.25) is 0 Å². The minimum absolute atomic E-state index is 0.0157. The van der Waals surface area contributed by atoms with Gasteiger partial charge in [0.25, 0.3) is 5.56 Å². The molecule has 0 aliphatic rings. The predicted octanol–water partition coefficient (Wildman–Crippen LogP) is 0.214. The summed E-state index contributed by atoms with van der Waals surface area (Å²) in [4.78, 5) is 11.4. The largest absolute Gasteiger partial charge is 0.383 e. The molecule has 0 radical (unpaired) electrons. The van der Waals surface area contributed by atoms with E-state index < -0.39 is 0 Å². The van der Waals surface area contributed by atoms with Crippen molar-refractivity contribution in [1.82, 2.24) is 9.88 Å². The molecule has 1 N–H and O–H groups in total. The molecule has 1 aromatic heterocycles.